The minimum absolute atomic E-state index is 0.236. The van der Waals surface area contributed by atoms with Crippen molar-refractivity contribution in [3.8, 4) is 0 Å². The van der Waals surface area contributed by atoms with E-state index in [4.69, 9.17) is 5.73 Å². The minimum atomic E-state index is -0.422. The molecule has 12 heavy (non-hydrogen) atoms. The molecule has 0 saturated carbocycles. The minimum Gasteiger partial charge on any atom is -0.352 e. The number of nitrogens with one attached hydrogen (secondary N) is 2. The van der Waals surface area contributed by atoms with Gasteiger partial charge in [-0.1, -0.05) is 6.92 Å². The quantitative estimate of drug-likeness (QED) is 0.549. The van der Waals surface area contributed by atoms with E-state index in [1.54, 1.807) is 0 Å². The van der Waals surface area contributed by atoms with Gasteiger partial charge in [0.2, 0.25) is 0 Å². The molecule has 4 N–H and O–H groups in total. The van der Waals surface area contributed by atoms with E-state index in [0.29, 0.717) is 6.54 Å². The van der Waals surface area contributed by atoms with Gasteiger partial charge in [-0.2, -0.15) is 0 Å². The second kappa shape index (κ2) is 3.76. The van der Waals surface area contributed by atoms with Crippen LogP contribution in [0.3, 0.4) is 0 Å². The van der Waals surface area contributed by atoms with Crippen LogP contribution >= 0.6 is 0 Å². The molecule has 0 aromatic rings. The summed E-state index contributed by atoms with van der Waals surface area (Å²) in [6.07, 6.45) is 2.21. The van der Waals surface area contributed by atoms with Gasteiger partial charge in [0.25, 0.3) is 0 Å². The Labute approximate surface area is 72.9 Å². The third kappa shape index (κ3) is 2.70. The zero-order valence-corrected chi connectivity index (χ0v) is 7.52. The van der Waals surface area contributed by atoms with Gasteiger partial charge in [-0.3, -0.25) is 0 Å². The van der Waals surface area contributed by atoms with E-state index in [9.17, 15) is 4.79 Å². The molecule has 0 unspecified atom stereocenters. The summed E-state index contributed by atoms with van der Waals surface area (Å²) in [6.45, 7) is 4.96. The Balaban J connectivity index is 2.31. The highest BCUT2D eigenvalue weighted by Gasteiger charge is 2.26. The number of urea groups is 1. The largest absolute Gasteiger partial charge is 0.352 e. The third-order valence-corrected chi connectivity index (χ3v) is 2.50. The van der Waals surface area contributed by atoms with Gasteiger partial charge < -0.3 is 16.4 Å². The van der Waals surface area contributed by atoms with Crippen molar-refractivity contribution in [1.29, 1.82) is 0 Å². The molecular formula is C8H17N3O. The number of nitrogens with two attached hydrogens (primary N) is 1. The number of primary amides is 1. The molecule has 0 aromatic heterocycles. The summed E-state index contributed by atoms with van der Waals surface area (Å²) >= 11 is 0. The summed E-state index contributed by atoms with van der Waals surface area (Å²) in [6, 6.07) is -0.422. The number of hydrogen-bond donors (Lipinski definition) is 3. The number of carbonyl (C=O) groups excluding carboxylic acids is 1. The van der Waals surface area contributed by atoms with Crippen LogP contribution in [0.5, 0.6) is 0 Å². The Morgan fingerprint density at radius 2 is 2.17 bits per heavy atom. The molecular weight excluding hydrogens is 154 g/mol. The highest BCUT2D eigenvalue weighted by molar-refractivity contribution is 5.71. The molecule has 1 heterocycles. The Morgan fingerprint density at radius 1 is 1.58 bits per heavy atom. The first-order chi connectivity index (χ1) is 5.62. The van der Waals surface area contributed by atoms with Gasteiger partial charge in [0, 0.05) is 6.54 Å². The van der Waals surface area contributed by atoms with Crippen LogP contribution in [0.4, 0.5) is 4.79 Å². The molecule has 1 fully saturated rings. The Hall–Kier alpha value is -0.770. The number of piperidine rings is 1. The van der Waals surface area contributed by atoms with Gasteiger partial charge in [0.05, 0.1) is 0 Å². The van der Waals surface area contributed by atoms with Gasteiger partial charge in [-0.05, 0) is 31.3 Å². The van der Waals surface area contributed by atoms with Crippen LogP contribution in [0.2, 0.25) is 0 Å². The fourth-order valence-corrected chi connectivity index (χ4v) is 1.51. The van der Waals surface area contributed by atoms with E-state index in [2.05, 4.69) is 17.6 Å². The van der Waals surface area contributed by atoms with Crippen LogP contribution in [0.1, 0.15) is 19.8 Å². The van der Waals surface area contributed by atoms with Crippen molar-refractivity contribution in [2.75, 3.05) is 19.6 Å². The number of carbonyl (C=O) groups is 1. The van der Waals surface area contributed by atoms with Crippen LogP contribution in [0, 0.1) is 5.41 Å². The molecule has 4 heteroatoms. The third-order valence-electron chi connectivity index (χ3n) is 2.50. The number of rotatable bonds is 2. The highest BCUT2D eigenvalue weighted by Crippen LogP contribution is 2.26. The molecule has 0 atom stereocenters. The zero-order valence-electron chi connectivity index (χ0n) is 7.52. The zero-order chi connectivity index (χ0) is 9.03. The summed E-state index contributed by atoms with van der Waals surface area (Å²) in [7, 11) is 0. The smallest absolute Gasteiger partial charge is 0.312 e. The Bertz CT molecular complexity index is 164. The van der Waals surface area contributed by atoms with Crippen molar-refractivity contribution in [2.45, 2.75) is 19.8 Å². The number of hydrogen-bond acceptors (Lipinski definition) is 2. The predicted octanol–water partition coefficient (Wildman–Crippen LogP) is 0.0444. The maximum atomic E-state index is 10.5. The summed E-state index contributed by atoms with van der Waals surface area (Å²) in [5.74, 6) is 0. The van der Waals surface area contributed by atoms with Crippen LogP contribution in [-0.4, -0.2) is 25.7 Å². The van der Waals surface area contributed by atoms with Gasteiger partial charge in [0.1, 0.15) is 0 Å². The molecule has 0 bridgehead atoms. The van der Waals surface area contributed by atoms with Crippen molar-refractivity contribution in [3.05, 3.63) is 0 Å². The van der Waals surface area contributed by atoms with E-state index in [0.717, 1.165) is 25.9 Å². The Morgan fingerprint density at radius 3 is 2.67 bits per heavy atom. The first kappa shape index (κ1) is 9.32. The lowest BCUT2D eigenvalue weighted by atomic mass is 9.81. The second-order valence-electron chi connectivity index (χ2n) is 3.78. The molecule has 0 radical (unpaired) electrons. The summed E-state index contributed by atoms with van der Waals surface area (Å²) in [5.41, 5.74) is 5.24. The predicted molar refractivity (Wildman–Crippen MR) is 47.8 cm³/mol. The van der Waals surface area contributed by atoms with Gasteiger partial charge in [0.15, 0.2) is 0 Å². The fourth-order valence-electron chi connectivity index (χ4n) is 1.51. The fraction of sp³-hybridized carbons (Fsp3) is 0.875. The number of amides is 2. The lowest BCUT2D eigenvalue weighted by molar-refractivity contribution is 0.211. The SMILES string of the molecule is CC1(CNC(N)=O)CCNCC1. The first-order valence-electron chi connectivity index (χ1n) is 4.36. The monoisotopic (exact) mass is 171 g/mol. The van der Waals surface area contributed by atoms with Crippen molar-refractivity contribution in [1.82, 2.24) is 10.6 Å². The molecule has 1 aliphatic heterocycles. The summed E-state index contributed by atoms with van der Waals surface area (Å²) in [5, 5.41) is 5.95. The van der Waals surface area contributed by atoms with Crippen LogP contribution in [0.15, 0.2) is 0 Å². The second-order valence-corrected chi connectivity index (χ2v) is 3.78. The van der Waals surface area contributed by atoms with E-state index in [1.165, 1.54) is 0 Å². The van der Waals surface area contributed by atoms with Crippen molar-refractivity contribution in [3.63, 3.8) is 0 Å². The van der Waals surface area contributed by atoms with Crippen LogP contribution in [-0.2, 0) is 0 Å². The van der Waals surface area contributed by atoms with Gasteiger partial charge >= 0.3 is 6.03 Å². The van der Waals surface area contributed by atoms with Gasteiger partial charge in [-0.15, -0.1) is 0 Å². The topological polar surface area (TPSA) is 67.1 Å². The summed E-state index contributed by atoms with van der Waals surface area (Å²) in [4.78, 5) is 10.5. The van der Waals surface area contributed by atoms with Crippen molar-refractivity contribution < 1.29 is 4.79 Å². The van der Waals surface area contributed by atoms with Crippen LogP contribution in [0.25, 0.3) is 0 Å². The molecule has 0 aliphatic carbocycles. The normalized spacial score (nSPS) is 21.8. The maximum Gasteiger partial charge on any atom is 0.312 e. The molecule has 2 amide bonds. The first-order valence-corrected chi connectivity index (χ1v) is 4.36. The van der Waals surface area contributed by atoms with E-state index in [1.807, 2.05) is 0 Å². The Kier molecular flexibility index (Phi) is 2.92. The lowest BCUT2D eigenvalue weighted by Crippen LogP contribution is -2.44. The van der Waals surface area contributed by atoms with E-state index >= 15 is 0 Å². The van der Waals surface area contributed by atoms with E-state index < -0.39 is 6.03 Å². The molecule has 70 valence electrons. The van der Waals surface area contributed by atoms with Gasteiger partial charge in [-0.25, -0.2) is 4.79 Å². The van der Waals surface area contributed by atoms with E-state index in [-0.39, 0.29) is 5.41 Å². The standard InChI is InChI=1S/C8H17N3O/c1-8(6-11-7(9)12)2-4-10-5-3-8/h10H,2-6H2,1H3,(H3,9,11,12). The molecule has 0 spiro atoms. The molecule has 4 nitrogen and oxygen atoms in total. The highest BCUT2D eigenvalue weighted by atomic mass is 16.2. The average Bonchev–Trinajstić information content (AvgIpc) is 2.03. The van der Waals surface area contributed by atoms with Crippen LogP contribution < -0.4 is 16.4 Å². The molecule has 1 rings (SSSR count). The molecule has 1 saturated heterocycles. The van der Waals surface area contributed by atoms with Crippen molar-refractivity contribution in [2.24, 2.45) is 11.1 Å². The lowest BCUT2D eigenvalue weighted by Gasteiger charge is -2.33. The molecule has 1 aliphatic rings. The molecule has 0 aromatic carbocycles. The maximum absolute atomic E-state index is 10.5. The van der Waals surface area contributed by atoms with Crippen molar-refractivity contribution >= 4 is 6.03 Å². The average molecular weight is 171 g/mol. The summed E-state index contributed by atoms with van der Waals surface area (Å²) < 4.78 is 0.